The molecule has 0 saturated carbocycles. The third-order valence-corrected chi connectivity index (χ3v) is 4.02. The largest absolute Gasteiger partial charge is 0.341 e. The highest BCUT2D eigenvalue weighted by molar-refractivity contribution is 9.10. The van der Waals surface area contributed by atoms with Gasteiger partial charge in [0.05, 0.1) is 17.9 Å². The Hall–Kier alpha value is -1.13. The molecule has 18 heavy (non-hydrogen) atoms. The standard InChI is InChI=1S/C14H18BrN3/c1-3-9(2)13(16)14-17-8-12(18-14)10-6-4-5-7-11(10)15/h4-9,13H,3,16H2,1-2H3,(H,17,18). The first kappa shape index (κ1) is 13.3. The molecular weight excluding hydrogens is 290 g/mol. The zero-order valence-corrected chi connectivity index (χ0v) is 12.2. The number of aromatic nitrogens is 2. The molecule has 2 aromatic rings. The van der Waals surface area contributed by atoms with E-state index >= 15 is 0 Å². The number of hydrogen-bond donors (Lipinski definition) is 2. The van der Waals surface area contributed by atoms with Gasteiger partial charge < -0.3 is 10.7 Å². The fourth-order valence-corrected chi connectivity index (χ4v) is 2.34. The smallest absolute Gasteiger partial charge is 0.123 e. The van der Waals surface area contributed by atoms with Gasteiger partial charge in [-0.3, -0.25) is 0 Å². The van der Waals surface area contributed by atoms with Crippen molar-refractivity contribution in [2.45, 2.75) is 26.3 Å². The van der Waals surface area contributed by atoms with E-state index in [4.69, 9.17) is 5.73 Å². The molecule has 1 heterocycles. The Morgan fingerprint density at radius 3 is 2.78 bits per heavy atom. The lowest BCUT2D eigenvalue weighted by molar-refractivity contribution is 0.441. The van der Waals surface area contributed by atoms with Gasteiger partial charge in [-0.1, -0.05) is 54.4 Å². The van der Waals surface area contributed by atoms with Crippen molar-refractivity contribution in [2.75, 3.05) is 0 Å². The molecule has 0 radical (unpaired) electrons. The van der Waals surface area contributed by atoms with E-state index in [9.17, 15) is 0 Å². The van der Waals surface area contributed by atoms with Gasteiger partial charge in [0, 0.05) is 10.0 Å². The first-order valence-corrected chi connectivity index (χ1v) is 6.98. The Labute approximate surface area is 116 Å². The molecule has 3 nitrogen and oxygen atoms in total. The first-order valence-electron chi connectivity index (χ1n) is 6.18. The van der Waals surface area contributed by atoms with Crippen LogP contribution in [-0.2, 0) is 0 Å². The fraction of sp³-hybridized carbons (Fsp3) is 0.357. The number of nitrogens with zero attached hydrogens (tertiary/aromatic N) is 1. The van der Waals surface area contributed by atoms with Crippen LogP contribution in [0.15, 0.2) is 34.9 Å². The van der Waals surface area contributed by atoms with Gasteiger partial charge in [-0.05, 0) is 12.0 Å². The van der Waals surface area contributed by atoms with Crippen molar-refractivity contribution in [3.63, 3.8) is 0 Å². The summed E-state index contributed by atoms with van der Waals surface area (Å²) in [5.41, 5.74) is 8.27. The zero-order chi connectivity index (χ0) is 13.1. The maximum atomic E-state index is 6.17. The Bertz CT molecular complexity index is 521. The lowest BCUT2D eigenvalue weighted by Crippen LogP contribution is -2.19. The number of aromatic amines is 1. The van der Waals surface area contributed by atoms with E-state index in [0.29, 0.717) is 5.92 Å². The van der Waals surface area contributed by atoms with Gasteiger partial charge in [0.15, 0.2) is 0 Å². The molecule has 0 fully saturated rings. The Balaban J connectivity index is 2.29. The molecule has 0 aliphatic rings. The van der Waals surface area contributed by atoms with Crippen LogP contribution in [0.5, 0.6) is 0 Å². The second-order valence-electron chi connectivity index (χ2n) is 4.57. The van der Waals surface area contributed by atoms with Crippen molar-refractivity contribution < 1.29 is 0 Å². The molecule has 0 amide bonds. The first-order chi connectivity index (χ1) is 8.63. The summed E-state index contributed by atoms with van der Waals surface area (Å²) in [4.78, 5) is 7.72. The predicted octanol–water partition coefficient (Wildman–Crippen LogP) is 3.89. The summed E-state index contributed by atoms with van der Waals surface area (Å²) in [7, 11) is 0. The molecule has 2 unspecified atom stereocenters. The summed E-state index contributed by atoms with van der Waals surface area (Å²) < 4.78 is 1.05. The van der Waals surface area contributed by atoms with Crippen LogP contribution in [0.4, 0.5) is 0 Å². The number of nitrogens with one attached hydrogen (secondary N) is 1. The number of hydrogen-bond acceptors (Lipinski definition) is 2. The highest BCUT2D eigenvalue weighted by atomic mass is 79.9. The van der Waals surface area contributed by atoms with Crippen molar-refractivity contribution in [1.29, 1.82) is 0 Å². The number of halogens is 1. The lowest BCUT2D eigenvalue weighted by atomic mass is 10.00. The molecule has 0 saturated heterocycles. The summed E-state index contributed by atoms with van der Waals surface area (Å²) in [6, 6.07) is 8.04. The van der Waals surface area contributed by atoms with Gasteiger partial charge in [-0.15, -0.1) is 0 Å². The Kier molecular flexibility index (Phi) is 4.19. The highest BCUT2D eigenvalue weighted by Gasteiger charge is 2.17. The van der Waals surface area contributed by atoms with E-state index in [1.807, 2.05) is 24.4 Å². The van der Waals surface area contributed by atoms with E-state index in [2.05, 4.69) is 45.8 Å². The molecule has 4 heteroatoms. The SMILES string of the molecule is CCC(C)C(N)c1ncc(-c2ccccc2Br)[nH]1. The van der Waals surface area contributed by atoms with E-state index in [-0.39, 0.29) is 6.04 Å². The van der Waals surface area contributed by atoms with Gasteiger partial charge >= 0.3 is 0 Å². The van der Waals surface area contributed by atoms with E-state index < -0.39 is 0 Å². The maximum Gasteiger partial charge on any atom is 0.123 e. The summed E-state index contributed by atoms with van der Waals surface area (Å²) in [6.07, 6.45) is 2.89. The van der Waals surface area contributed by atoms with Gasteiger partial charge in [0.1, 0.15) is 5.82 Å². The average molecular weight is 308 g/mol. The molecule has 0 bridgehead atoms. The topological polar surface area (TPSA) is 54.7 Å². The normalized spacial score (nSPS) is 14.4. The minimum Gasteiger partial charge on any atom is -0.341 e. The third kappa shape index (κ3) is 2.65. The van der Waals surface area contributed by atoms with E-state index in [0.717, 1.165) is 28.0 Å². The van der Waals surface area contributed by atoms with Gasteiger partial charge in [-0.2, -0.15) is 0 Å². The molecule has 1 aromatic carbocycles. The van der Waals surface area contributed by atoms with Crippen molar-refractivity contribution in [1.82, 2.24) is 9.97 Å². The van der Waals surface area contributed by atoms with Crippen LogP contribution < -0.4 is 5.73 Å². The molecule has 2 atom stereocenters. The van der Waals surface area contributed by atoms with Crippen LogP contribution in [0, 0.1) is 5.92 Å². The Morgan fingerprint density at radius 2 is 2.11 bits per heavy atom. The van der Waals surface area contributed by atoms with Crippen LogP contribution >= 0.6 is 15.9 Å². The molecule has 0 aliphatic heterocycles. The molecule has 96 valence electrons. The fourth-order valence-electron chi connectivity index (χ4n) is 1.85. The van der Waals surface area contributed by atoms with E-state index in [1.54, 1.807) is 0 Å². The van der Waals surface area contributed by atoms with Gasteiger partial charge in [-0.25, -0.2) is 4.98 Å². The molecule has 1 aromatic heterocycles. The van der Waals surface area contributed by atoms with Crippen molar-refractivity contribution in [3.05, 3.63) is 40.8 Å². The maximum absolute atomic E-state index is 6.17. The third-order valence-electron chi connectivity index (χ3n) is 3.33. The number of rotatable bonds is 4. The van der Waals surface area contributed by atoms with Crippen LogP contribution in [0.2, 0.25) is 0 Å². The van der Waals surface area contributed by atoms with Crippen LogP contribution in [0.3, 0.4) is 0 Å². The lowest BCUT2D eigenvalue weighted by Gasteiger charge is -2.15. The minimum absolute atomic E-state index is 0.0359. The Morgan fingerprint density at radius 1 is 1.39 bits per heavy atom. The molecule has 3 N–H and O–H groups in total. The number of benzene rings is 1. The summed E-state index contributed by atoms with van der Waals surface area (Å²) in [6.45, 7) is 4.29. The highest BCUT2D eigenvalue weighted by Crippen LogP contribution is 2.28. The van der Waals surface area contributed by atoms with Crippen molar-refractivity contribution >= 4 is 15.9 Å². The number of H-pyrrole nitrogens is 1. The monoisotopic (exact) mass is 307 g/mol. The van der Waals surface area contributed by atoms with Crippen LogP contribution in [0.25, 0.3) is 11.3 Å². The van der Waals surface area contributed by atoms with Crippen LogP contribution in [-0.4, -0.2) is 9.97 Å². The number of imidazole rings is 1. The predicted molar refractivity (Wildman–Crippen MR) is 78.1 cm³/mol. The molecule has 0 aliphatic carbocycles. The summed E-state index contributed by atoms with van der Waals surface area (Å²) in [5, 5.41) is 0. The van der Waals surface area contributed by atoms with Gasteiger partial charge in [0.2, 0.25) is 0 Å². The van der Waals surface area contributed by atoms with E-state index in [1.165, 1.54) is 0 Å². The van der Waals surface area contributed by atoms with Crippen LogP contribution in [0.1, 0.15) is 32.1 Å². The second-order valence-corrected chi connectivity index (χ2v) is 5.43. The second kappa shape index (κ2) is 5.67. The summed E-state index contributed by atoms with van der Waals surface area (Å²) >= 11 is 3.54. The molecular formula is C14H18BrN3. The van der Waals surface area contributed by atoms with Crippen molar-refractivity contribution in [2.24, 2.45) is 11.7 Å². The number of nitrogens with two attached hydrogens (primary N) is 1. The zero-order valence-electron chi connectivity index (χ0n) is 10.7. The quantitative estimate of drug-likeness (QED) is 0.900. The minimum atomic E-state index is -0.0359. The molecule has 2 rings (SSSR count). The average Bonchev–Trinajstić information content (AvgIpc) is 2.87. The van der Waals surface area contributed by atoms with Crippen molar-refractivity contribution in [3.8, 4) is 11.3 Å². The van der Waals surface area contributed by atoms with Gasteiger partial charge in [0.25, 0.3) is 0 Å². The molecule has 0 spiro atoms. The summed E-state index contributed by atoms with van der Waals surface area (Å²) in [5.74, 6) is 1.28.